The molecule has 0 radical (unpaired) electrons. The molecule has 88 valence electrons. The number of hydrogen-bond donors (Lipinski definition) is 1. The van der Waals surface area contributed by atoms with E-state index < -0.39 is 0 Å². The molecule has 1 nitrogen and oxygen atoms in total. The second kappa shape index (κ2) is 5.69. The van der Waals surface area contributed by atoms with Crippen molar-refractivity contribution in [3.63, 3.8) is 0 Å². The molecule has 0 heterocycles. The van der Waals surface area contributed by atoms with Crippen molar-refractivity contribution in [3.8, 4) is 0 Å². The molecule has 0 saturated heterocycles. The molecule has 1 aromatic rings. The van der Waals surface area contributed by atoms with Gasteiger partial charge in [-0.1, -0.05) is 25.0 Å². The Labute approximate surface area is 101 Å². The average molecular weight is 239 g/mol. The Morgan fingerprint density at radius 2 is 2.12 bits per heavy atom. The summed E-state index contributed by atoms with van der Waals surface area (Å²) in [4.78, 5) is 0.712. The molecule has 0 spiro atoms. The smallest absolute Gasteiger partial charge is 0.136 e. The third-order valence-electron chi connectivity index (χ3n) is 2.93. The Balaban J connectivity index is 1.71. The first-order valence-corrected chi connectivity index (χ1v) is 6.87. The summed E-state index contributed by atoms with van der Waals surface area (Å²) in [6, 6.07) is 7.09. The van der Waals surface area contributed by atoms with E-state index in [4.69, 9.17) is 5.73 Å². The summed E-state index contributed by atoms with van der Waals surface area (Å²) < 4.78 is 13.3. The zero-order valence-electron chi connectivity index (χ0n) is 9.36. The molecular formula is C13H18FNS. The van der Waals surface area contributed by atoms with Crippen molar-refractivity contribution in [1.82, 2.24) is 0 Å². The summed E-state index contributed by atoms with van der Waals surface area (Å²) in [5, 5.41) is 0. The van der Waals surface area contributed by atoms with Crippen LogP contribution in [0, 0.1) is 11.7 Å². The van der Waals surface area contributed by atoms with E-state index in [1.807, 2.05) is 12.1 Å². The lowest BCUT2D eigenvalue weighted by molar-refractivity contribution is 0.588. The fourth-order valence-corrected chi connectivity index (χ4v) is 2.64. The van der Waals surface area contributed by atoms with Gasteiger partial charge in [0.25, 0.3) is 0 Å². The predicted molar refractivity (Wildman–Crippen MR) is 67.1 cm³/mol. The summed E-state index contributed by atoms with van der Waals surface area (Å²) in [6.45, 7) is 0. The van der Waals surface area contributed by atoms with Gasteiger partial charge in [0.15, 0.2) is 0 Å². The number of rotatable bonds is 6. The lowest BCUT2D eigenvalue weighted by Gasteiger charge is -2.10. The molecule has 1 aromatic carbocycles. The average Bonchev–Trinajstić information content (AvgIpc) is 3.09. The maximum atomic E-state index is 13.3. The fraction of sp³-hybridized carbons (Fsp3) is 0.538. The second-order valence-electron chi connectivity index (χ2n) is 4.52. The fourth-order valence-electron chi connectivity index (χ4n) is 1.70. The molecule has 0 amide bonds. The summed E-state index contributed by atoms with van der Waals surface area (Å²) >= 11 is 1.53. The predicted octanol–water partition coefficient (Wildman–Crippen LogP) is 3.44. The Kier molecular flexibility index (Phi) is 4.24. The molecule has 2 N–H and O–H groups in total. The van der Waals surface area contributed by atoms with Gasteiger partial charge in [-0.2, -0.15) is 0 Å². The first-order chi connectivity index (χ1) is 7.75. The number of halogens is 1. The monoisotopic (exact) mass is 239 g/mol. The highest BCUT2D eigenvalue weighted by atomic mass is 32.2. The van der Waals surface area contributed by atoms with Gasteiger partial charge in [0.1, 0.15) is 5.82 Å². The first kappa shape index (κ1) is 11.9. The summed E-state index contributed by atoms with van der Waals surface area (Å²) in [5.41, 5.74) is 6.00. The van der Waals surface area contributed by atoms with Gasteiger partial charge >= 0.3 is 0 Å². The van der Waals surface area contributed by atoms with Crippen molar-refractivity contribution in [2.24, 2.45) is 11.7 Å². The van der Waals surface area contributed by atoms with Gasteiger partial charge in [-0.3, -0.25) is 0 Å². The third kappa shape index (κ3) is 3.80. The van der Waals surface area contributed by atoms with Crippen LogP contribution in [0.25, 0.3) is 0 Å². The van der Waals surface area contributed by atoms with Gasteiger partial charge < -0.3 is 5.73 Å². The van der Waals surface area contributed by atoms with Crippen molar-refractivity contribution in [1.29, 1.82) is 0 Å². The standard InChI is InChI=1S/C13H18FNS/c14-12-3-1-2-4-13(12)16-9-11(15)8-7-10-5-6-10/h1-4,10-11H,5-9,15H2. The van der Waals surface area contributed by atoms with Crippen LogP contribution in [0.3, 0.4) is 0 Å². The molecule has 1 unspecified atom stereocenters. The number of benzene rings is 1. The summed E-state index contributed by atoms with van der Waals surface area (Å²) in [5.74, 6) is 1.61. The highest BCUT2D eigenvalue weighted by Crippen LogP contribution is 2.34. The number of thioether (sulfide) groups is 1. The van der Waals surface area contributed by atoms with E-state index in [-0.39, 0.29) is 11.9 Å². The van der Waals surface area contributed by atoms with E-state index in [1.165, 1.54) is 37.1 Å². The number of nitrogens with two attached hydrogens (primary N) is 1. The van der Waals surface area contributed by atoms with Crippen LogP contribution in [0.1, 0.15) is 25.7 Å². The molecule has 1 fully saturated rings. The van der Waals surface area contributed by atoms with Crippen LogP contribution >= 0.6 is 11.8 Å². The van der Waals surface area contributed by atoms with Crippen molar-refractivity contribution in [2.45, 2.75) is 36.6 Å². The van der Waals surface area contributed by atoms with Crippen LogP contribution in [0.2, 0.25) is 0 Å². The Bertz CT molecular complexity index is 338. The highest BCUT2D eigenvalue weighted by Gasteiger charge is 2.21. The van der Waals surface area contributed by atoms with Crippen LogP contribution < -0.4 is 5.73 Å². The largest absolute Gasteiger partial charge is 0.327 e. The molecule has 16 heavy (non-hydrogen) atoms. The molecule has 0 aromatic heterocycles. The topological polar surface area (TPSA) is 26.0 Å². The van der Waals surface area contributed by atoms with E-state index in [2.05, 4.69) is 0 Å². The molecule has 1 aliphatic carbocycles. The van der Waals surface area contributed by atoms with Gasteiger partial charge in [-0.05, 0) is 30.9 Å². The van der Waals surface area contributed by atoms with Crippen molar-refractivity contribution >= 4 is 11.8 Å². The summed E-state index contributed by atoms with van der Waals surface area (Å²) in [7, 11) is 0. The van der Waals surface area contributed by atoms with Crippen LogP contribution in [-0.4, -0.2) is 11.8 Å². The molecular weight excluding hydrogens is 221 g/mol. The molecule has 1 saturated carbocycles. The molecule has 0 aliphatic heterocycles. The minimum atomic E-state index is -0.137. The lowest BCUT2D eigenvalue weighted by Crippen LogP contribution is -2.22. The molecule has 3 heteroatoms. The third-order valence-corrected chi connectivity index (χ3v) is 4.17. The van der Waals surface area contributed by atoms with Gasteiger partial charge in [-0.25, -0.2) is 4.39 Å². The van der Waals surface area contributed by atoms with Crippen LogP contribution in [0.5, 0.6) is 0 Å². The molecule has 1 atom stereocenters. The Morgan fingerprint density at radius 3 is 2.81 bits per heavy atom. The zero-order valence-corrected chi connectivity index (χ0v) is 10.2. The normalized spacial score (nSPS) is 17.4. The van der Waals surface area contributed by atoms with E-state index in [9.17, 15) is 4.39 Å². The van der Waals surface area contributed by atoms with E-state index in [1.54, 1.807) is 6.07 Å². The van der Waals surface area contributed by atoms with Gasteiger partial charge in [0.2, 0.25) is 0 Å². The second-order valence-corrected chi connectivity index (χ2v) is 5.58. The van der Waals surface area contributed by atoms with Gasteiger partial charge in [-0.15, -0.1) is 11.8 Å². The maximum absolute atomic E-state index is 13.3. The minimum absolute atomic E-state index is 0.137. The van der Waals surface area contributed by atoms with Crippen molar-refractivity contribution < 1.29 is 4.39 Å². The first-order valence-electron chi connectivity index (χ1n) is 5.88. The van der Waals surface area contributed by atoms with E-state index in [0.29, 0.717) is 4.90 Å². The highest BCUT2D eigenvalue weighted by molar-refractivity contribution is 7.99. The van der Waals surface area contributed by atoms with Crippen molar-refractivity contribution in [3.05, 3.63) is 30.1 Å². The SMILES string of the molecule is NC(CCC1CC1)CSc1ccccc1F. The maximum Gasteiger partial charge on any atom is 0.136 e. The minimum Gasteiger partial charge on any atom is -0.327 e. The molecule has 1 aliphatic rings. The zero-order chi connectivity index (χ0) is 11.4. The van der Waals surface area contributed by atoms with E-state index >= 15 is 0 Å². The number of hydrogen-bond acceptors (Lipinski definition) is 2. The molecule has 0 bridgehead atoms. The van der Waals surface area contributed by atoms with Crippen LogP contribution in [-0.2, 0) is 0 Å². The quantitative estimate of drug-likeness (QED) is 0.770. The molecule has 2 rings (SSSR count). The van der Waals surface area contributed by atoms with Gasteiger partial charge in [0.05, 0.1) is 0 Å². The lowest BCUT2D eigenvalue weighted by atomic mass is 10.1. The van der Waals surface area contributed by atoms with Crippen LogP contribution in [0.4, 0.5) is 4.39 Å². The Hall–Kier alpha value is -0.540. The Morgan fingerprint density at radius 1 is 1.38 bits per heavy atom. The van der Waals surface area contributed by atoms with Gasteiger partial charge in [0, 0.05) is 16.7 Å². The van der Waals surface area contributed by atoms with E-state index in [0.717, 1.165) is 18.1 Å². The summed E-state index contributed by atoms with van der Waals surface area (Å²) in [6.07, 6.45) is 5.09. The van der Waals surface area contributed by atoms with Crippen molar-refractivity contribution in [2.75, 3.05) is 5.75 Å². The van der Waals surface area contributed by atoms with Crippen LogP contribution in [0.15, 0.2) is 29.2 Å².